The lowest BCUT2D eigenvalue weighted by atomic mass is 9.33. The van der Waals surface area contributed by atoms with Gasteiger partial charge < -0.3 is 14.7 Å². The van der Waals surface area contributed by atoms with Crippen molar-refractivity contribution in [3.05, 3.63) is 200 Å². The SMILES string of the molecule is Cc1cc(C(C)(C)C)ccc1N1c2cc3c(cc2B2c4cc5c(cc4N(c4cc6c(cc4C)C(C)(C)CCC6(C)C)c4cc(N(c6ccc(C(C)(C)C)cc6)c6ccc(C(C)(C)C)cc6)cc1c42)-c1cc(C(C)(C)C)ccc1C5(C)C)C(C)(C)CCC3(C)C. The number of rotatable bonds is 5. The standard InChI is InChI=1S/C85H102BN3/c1-51-41-55(79(9,10)11)30-36-70(51)88-73-50-67-65(82(17,18)38-40-84(67,21)22)48-69(73)86-68-47-63-61(60-43-56(80(12,13)14)29-35-62(60)85(63,23)24)46-72(68)89(71-49-66-64(42-52(71)2)81(15,16)37-39-83(66,19)20)75-45-59(44-74(88)76(75)86)87(57-31-25-53(26-32-57)77(3,4)5)58-33-27-54(28-34-58)78(6,7)8/h25-36,41-50H,37-40H2,1-24H3. The van der Waals surface area contributed by atoms with E-state index in [9.17, 15) is 0 Å². The monoisotopic (exact) mass is 1180 g/mol. The van der Waals surface area contributed by atoms with Gasteiger partial charge in [-0.3, -0.25) is 0 Å². The molecule has 2 heterocycles. The molecule has 460 valence electrons. The van der Waals surface area contributed by atoms with Crippen molar-refractivity contribution in [2.75, 3.05) is 14.7 Å². The van der Waals surface area contributed by atoms with Crippen LogP contribution in [0.3, 0.4) is 0 Å². The zero-order valence-corrected chi connectivity index (χ0v) is 58.9. The number of anilines is 9. The summed E-state index contributed by atoms with van der Waals surface area (Å²) in [5, 5.41) is 0. The predicted octanol–water partition coefficient (Wildman–Crippen LogP) is 22.1. The second-order valence-electron chi connectivity index (χ2n) is 35.5. The van der Waals surface area contributed by atoms with Gasteiger partial charge in [-0.25, -0.2) is 0 Å². The third-order valence-electron chi connectivity index (χ3n) is 22.6. The third-order valence-corrected chi connectivity index (χ3v) is 22.6. The molecule has 0 spiro atoms. The molecule has 0 radical (unpaired) electrons. The summed E-state index contributed by atoms with van der Waals surface area (Å²) in [5.41, 5.74) is 34.3. The first-order valence-corrected chi connectivity index (χ1v) is 33.8. The molecule has 5 aliphatic rings. The Labute approximate surface area is 537 Å². The number of aryl methyl sites for hydroxylation is 2. The van der Waals surface area contributed by atoms with Gasteiger partial charge in [0.05, 0.1) is 5.69 Å². The number of nitrogens with zero attached hydrogens (tertiary/aromatic N) is 3. The molecule has 89 heavy (non-hydrogen) atoms. The maximum absolute atomic E-state index is 2.79. The highest BCUT2D eigenvalue weighted by atomic mass is 15.2. The molecule has 2 aliphatic heterocycles. The molecule has 0 aromatic heterocycles. The molecule has 0 saturated heterocycles. The molecule has 0 N–H and O–H groups in total. The van der Waals surface area contributed by atoms with Gasteiger partial charge in [0.15, 0.2) is 0 Å². The van der Waals surface area contributed by atoms with Crippen molar-refractivity contribution in [1.82, 2.24) is 0 Å². The van der Waals surface area contributed by atoms with E-state index < -0.39 is 0 Å². The highest BCUT2D eigenvalue weighted by Crippen LogP contribution is 2.57. The van der Waals surface area contributed by atoms with Crippen LogP contribution in [0.4, 0.5) is 51.2 Å². The zero-order chi connectivity index (χ0) is 64.2. The number of hydrogen-bond acceptors (Lipinski definition) is 3. The summed E-state index contributed by atoms with van der Waals surface area (Å²) >= 11 is 0. The van der Waals surface area contributed by atoms with Gasteiger partial charge in [-0.1, -0.05) is 225 Å². The highest BCUT2D eigenvalue weighted by Gasteiger charge is 2.50. The van der Waals surface area contributed by atoms with Crippen molar-refractivity contribution in [3.8, 4) is 11.1 Å². The summed E-state index contributed by atoms with van der Waals surface area (Å²) in [6.45, 7) is 57.8. The van der Waals surface area contributed by atoms with Gasteiger partial charge in [0.25, 0.3) is 6.71 Å². The van der Waals surface area contributed by atoms with Crippen LogP contribution in [0.2, 0.25) is 0 Å². The molecule has 4 heteroatoms. The fourth-order valence-corrected chi connectivity index (χ4v) is 16.4. The van der Waals surface area contributed by atoms with Crippen LogP contribution in [-0.4, -0.2) is 6.71 Å². The Morgan fingerprint density at radius 2 is 0.697 bits per heavy atom. The van der Waals surface area contributed by atoms with Gasteiger partial charge in [-0.15, -0.1) is 0 Å². The highest BCUT2D eigenvalue weighted by molar-refractivity contribution is 7.00. The molecule has 0 fully saturated rings. The van der Waals surface area contributed by atoms with Gasteiger partial charge in [-0.2, -0.15) is 0 Å². The molecule has 0 unspecified atom stereocenters. The van der Waals surface area contributed by atoms with E-state index >= 15 is 0 Å². The van der Waals surface area contributed by atoms with E-state index in [1.54, 1.807) is 0 Å². The summed E-state index contributed by atoms with van der Waals surface area (Å²) in [6, 6.07) is 55.1. The van der Waals surface area contributed by atoms with Crippen LogP contribution in [0.5, 0.6) is 0 Å². The molecule has 3 nitrogen and oxygen atoms in total. The summed E-state index contributed by atoms with van der Waals surface area (Å²) in [5.74, 6) is 0. The Kier molecular flexibility index (Phi) is 13.5. The Hall–Kier alpha value is -6.78. The van der Waals surface area contributed by atoms with Crippen molar-refractivity contribution in [3.63, 3.8) is 0 Å². The van der Waals surface area contributed by atoms with E-state index in [0.29, 0.717) is 0 Å². The van der Waals surface area contributed by atoms with E-state index in [2.05, 4.69) is 314 Å². The summed E-state index contributed by atoms with van der Waals surface area (Å²) in [7, 11) is 0. The topological polar surface area (TPSA) is 9.72 Å². The molecule has 0 saturated carbocycles. The van der Waals surface area contributed by atoms with E-state index in [1.807, 2.05) is 0 Å². The normalized spacial score (nSPS) is 18.1. The number of hydrogen-bond donors (Lipinski definition) is 0. The van der Waals surface area contributed by atoms with E-state index in [-0.39, 0.29) is 55.4 Å². The first-order chi connectivity index (χ1) is 41.2. The molecular formula is C85H102BN3. The number of fused-ring (bicyclic) bond motifs is 9. The van der Waals surface area contributed by atoms with Crippen LogP contribution in [0.15, 0.2) is 133 Å². The summed E-state index contributed by atoms with van der Waals surface area (Å²) < 4.78 is 0. The molecule has 8 aromatic rings. The van der Waals surface area contributed by atoms with Gasteiger partial charge in [0.2, 0.25) is 0 Å². The second-order valence-corrected chi connectivity index (χ2v) is 35.5. The number of benzene rings is 8. The molecule has 3 aliphatic carbocycles. The van der Waals surface area contributed by atoms with Crippen molar-refractivity contribution in [1.29, 1.82) is 0 Å². The Balaban J connectivity index is 1.22. The minimum atomic E-state index is -0.228. The van der Waals surface area contributed by atoms with Gasteiger partial charge >= 0.3 is 0 Å². The maximum Gasteiger partial charge on any atom is 0.252 e. The first-order valence-electron chi connectivity index (χ1n) is 33.8. The molecule has 0 amide bonds. The van der Waals surface area contributed by atoms with E-state index in [0.717, 1.165) is 36.3 Å². The second kappa shape index (κ2) is 19.6. The Bertz CT molecular complexity index is 4170. The predicted molar refractivity (Wildman–Crippen MR) is 388 cm³/mol. The van der Waals surface area contributed by atoms with Gasteiger partial charge in [0.1, 0.15) is 0 Å². The lowest BCUT2D eigenvalue weighted by Crippen LogP contribution is -2.62. The molecular weight excluding hydrogens is 1070 g/mol. The smallest absolute Gasteiger partial charge is 0.252 e. The quantitative estimate of drug-likeness (QED) is 0.159. The average Bonchev–Trinajstić information content (AvgIpc) is 1.50. The molecule has 0 bridgehead atoms. The lowest BCUT2D eigenvalue weighted by molar-refractivity contribution is 0.332. The minimum Gasteiger partial charge on any atom is -0.311 e. The van der Waals surface area contributed by atoms with Gasteiger partial charge in [-0.05, 0) is 238 Å². The molecule has 13 rings (SSSR count). The van der Waals surface area contributed by atoms with Crippen molar-refractivity contribution >= 4 is 74.3 Å². The minimum absolute atomic E-state index is 0.00535. The lowest BCUT2D eigenvalue weighted by Gasteiger charge is -2.48. The van der Waals surface area contributed by atoms with Crippen LogP contribution in [0.1, 0.15) is 245 Å². The van der Waals surface area contributed by atoms with Crippen molar-refractivity contribution in [2.24, 2.45) is 0 Å². The zero-order valence-electron chi connectivity index (χ0n) is 58.9. The molecule has 0 atom stereocenters. The van der Waals surface area contributed by atoms with Crippen LogP contribution in [-0.2, 0) is 48.7 Å². The van der Waals surface area contributed by atoms with Crippen molar-refractivity contribution < 1.29 is 0 Å². The average molecular weight is 1180 g/mol. The largest absolute Gasteiger partial charge is 0.311 e. The summed E-state index contributed by atoms with van der Waals surface area (Å²) in [6.07, 6.45) is 4.59. The van der Waals surface area contributed by atoms with Crippen LogP contribution in [0.25, 0.3) is 11.1 Å². The maximum atomic E-state index is 2.79. The third kappa shape index (κ3) is 9.70. The Morgan fingerprint density at radius 3 is 1.17 bits per heavy atom. The first kappa shape index (κ1) is 61.1. The van der Waals surface area contributed by atoms with E-state index in [1.165, 1.54) is 135 Å². The molecule has 8 aromatic carbocycles. The van der Waals surface area contributed by atoms with Crippen molar-refractivity contribution in [2.45, 2.75) is 241 Å². The van der Waals surface area contributed by atoms with Crippen LogP contribution < -0.4 is 31.1 Å². The van der Waals surface area contributed by atoms with Gasteiger partial charge in [0, 0.05) is 50.9 Å². The summed E-state index contributed by atoms with van der Waals surface area (Å²) in [4.78, 5) is 8.10. The van der Waals surface area contributed by atoms with Crippen LogP contribution >= 0.6 is 0 Å². The van der Waals surface area contributed by atoms with Crippen LogP contribution in [0, 0.1) is 13.8 Å². The Morgan fingerprint density at radius 1 is 0.326 bits per heavy atom. The fourth-order valence-electron chi connectivity index (χ4n) is 16.4. The van der Waals surface area contributed by atoms with E-state index in [4.69, 9.17) is 0 Å². The fraction of sp³-hybridized carbons (Fsp3) is 0.435.